The summed E-state index contributed by atoms with van der Waals surface area (Å²) in [5.74, 6) is 0.581. The molecule has 0 aliphatic heterocycles. The molecule has 2 aromatic rings. The summed E-state index contributed by atoms with van der Waals surface area (Å²) in [6.45, 7) is 10.2. The second kappa shape index (κ2) is 5.79. The highest BCUT2D eigenvalue weighted by Gasteiger charge is 2.28. The van der Waals surface area contributed by atoms with Crippen molar-refractivity contribution in [2.24, 2.45) is 11.7 Å². The lowest BCUT2D eigenvalue weighted by Crippen LogP contribution is -2.39. The minimum atomic E-state index is -0.117. The number of rotatable bonds is 6. The highest BCUT2D eigenvalue weighted by atomic mass is 15.3. The molecule has 110 valence electrons. The Morgan fingerprint density at radius 3 is 2.65 bits per heavy atom. The summed E-state index contributed by atoms with van der Waals surface area (Å²) in [6.07, 6.45) is 8.75. The maximum absolute atomic E-state index is 6.06. The first-order valence-corrected chi connectivity index (χ1v) is 7.26. The summed E-state index contributed by atoms with van der Waals surface area (Å²) in [5, 5.41) is 4.34. The zero-order valence-corrected chi connectivity index (χ0v) is 12.9. The molecule has 0 spiro atoms. The second-order valence-electron chi connectivity index (χ2n) is 6.03. The van der Waals surface area contributed by atoms with Crippen molar-refractivity contribution in [1.29, 1.82) is 0 Å². The monoisotopic (exact) mass is 275 g/mol. The Morgan fingerprint density at radius 2 is 2.10 bits per heavy atom. The molecule has 0 saturated carbocycles. The molecule has 1 unspecified atom stereocenters. The van der Waals surface area contributed by atoms with E-state index in [1.54, 1.807) is 0 Å². The number of aromatic nitrogens is 4. The Hall–Kier alpha value is -1.62. The summed E-state index contributed by atoms with van der Waals surface area (Å²) >= 11 is 0. The highest BCUT2D eigenvalue weighted by Crippen LogP contribution is 2.30. The normalized spacial score (nSPS) is 14.7. The van der Waals surface area contributed by atoms with Gasteiger partial charge in [0.2, 0.25) is 0 Å². The Morgan fingerprint density at radius 1 is 1.35 bits per heavy atom. The molecule has 0 amide bonds. The third-order valence-corrected chi connectivity index (χ3v) is 3.76. The number of hydrogen-bond acceptors (Lipinski definition) is 3. The van der Waals surface area contributed by atoms with Gasteiger partial charge in [-0.2, -0.15) is 5.10 Å². The van der Waals surface area contributed by atoms with E-state index >= 15 is 0 Å². The van der Waals surface area contributed by atoms with Crippen molar-refractivity contribution >= 4 is 0 Å². The predicted molar refractivity (Wildman–Crippen MR) is 81.3 cm³/mol. The lowest BCUT2D eigenvalue weighted by molar-refractivity contribution is 0.267. The molecule has 2 rings (SSSR count). The van der Waals surface area contributed by atoms with Gasteiger partial charge < -0.3 is 10.3 Å². The van der Waals surface area contributed by atoms with Crippen LogP contribution >= 0.6 is 0 Å². The van der Waals surface area contributed by atoms with E-state index in [0.717, 1.165) is 24.2 Å². The van der Waals surface area contributed by atoms with Crippen LogP contribution < -0.4 is 5.73 Å². The van der Waals surface area contributed by atoms with Crippen LogP contribution in [0.25, 0.3) is 11.3 Å². The van der Waals surface area contributed by atoms with Crippen molar-refractivity contribution in [2.45, 2.75) is 46.2 Å². The maximum Gasteiger partial charge on any atom is 0.0956 e. The molecule has 2 N–H and O–H groups in total. The molecule has 5 heteroatoms. The number of aryl methyl sites for hydroxylation is 1. The quantitative estimate of drug-likeness (QED) is 0.881. The standard InChI is InChI=1S/C15H25N5/c1-5-19-9-13(7-18-19)14-8-17-11-20(14)15(4,10-16)6-12(2)3/h7-9,11-12H,5-6,10,16H2,1-4H3. The largest absolute Gasteiger partial charge is 0.328 e. The van der Waals surface area contributed by atoms with Gasteiger partial charge in [0.25, 0.3) is 0 Å². The van der Waals surface area contributed by atoms with Crippen molar-refractivity contribution in [3.8, 4) is 11.3 Å². The fraction of sp³-hybridized carbons (Fsp3) is 0.600. The van der Waals surface area contributed by atoms with Crippen LogP contribution in [0, 0.1) is 5.92 Å². The Labute approximate surface area is 120 Å². The van der Waals surface area contributed by atoms with Crippen molar-refractivity contribution in [3.63, 3.8) is 0 Å². The fourth-order valence-electron chi connectivity index (χ4n) is 2.77. The summed E-state index contributed by atoms with van der Waals surface area (Å²) in [7, 11) is 0. The molecule has 0 fully saturated rings. The van der Waals surface area contributed by atoms with Crippen molar-refractivity contribution < 1.29 is 0 Å². The number of imidazole rings is 1. The average Bonchev–Trinajstić information content (AvgIpc) is 3.06. The molecule has 2 aromatic heterocycles. The van der Waals surface area contributed by atoms with Crippen LogP contribution in [0.15, 0.2) is 24.9 Å². The third kappa shape index (κ3) is 2.77. The first-order valence-electron chi connectivity index (χ1n) is 7.26. The van der Waals surface area contributed by atoms with Gasteiger partial charge in [0.05, 0.1) is 30.0 Å². The van der Waals surface area contributed by atoms with E-state index in [9.17, 15) is 0 Å². The van der Waals surface area contributed by atoms with Crippen LogP contribution in [0.5, 0.6) is 0 Å². The summed E-state index contributed by atoms with van der Waals surface area (Å²) in [6, 6.07) is 0. The van der Waals surface area contributed by atoms with E-state index in [2.05, 4.69) is 48.5 Å². The second-order valence-corrected chi connectivity index (χ2v) is 6.03. The van der Waals surface area contributed by atoms with Crippen molar-refractivity contribution in [3.05, 3.63) is 24.9 Å². The molecular weight excluding hydrogens is 250 g/mol. The molecule has 0 aromatic carbocycles. The molecule has 5 nitrogen and oxygen atoms in total. The SMILES string of the molecule is CCn1cc(-c2cncn2C(C)(CN)CC(C)C)cn1. The maximum atomic E-state index is 6.06. The molecule has 2 heterocycles. The van der Waals surface area contributed by atoms with Crippen LogP contribution in [-0.4, -0.2) is 25.9 Å². The van der Waals surface area contributed by atoms with Gasteiger partial charge in [-0.15, -0.1) is 0 Å². The number of nitrogens with two attached hydrogens (primary N) is 1. The molecule has 20 heavy (non-hydrogen) atoms. The first-order chi connectivity index (χ1) is 9.50. The van der Waals surface area contributed by atoms with E-state index in [4.69, 9.17) is 5.73 Å². The predicted octanol–water partition coefficient (Wildman–Crippen LogP) is 2.49. The smallest absolute Gasteiger partial charge is 0.0956 e. The lowest BCUT2D eigenvalue weighted by atomic mass is 9.90. The van der Waals surface area contributed by atoms with Gasteiger partial charge in [-0.25, -0.2) is 4.98 Å². The average molecular weight is 275 g/mol. The van der Waals surface area contributed by atoms with Gasteiger partial charge in [-0.1, -0.05) is 13.8 Å². The molecule has 0 bridgehead atoms. The third-order valence-electron chi connectivity index (χ3n) is 3.76. The van der Waals surface area contributed by atoms with Gasteiger partial charge in [0.15, 0.2) is 0 Å². The molecule has 0 saturated heterocycles. The Bertz CT molecular complexity index is 554. The van der Waals surface area contributed by atoms with Gasteiger partial charge in [-0.3, -0.25) is 4.68 Å². The van der Waals surface area contributed by atoms with Crippen LogP contribution in [-0.2, 0) is 12.1 Å². The minimum Gasteiger partial charge on any atom is -0.328 e. The molecule has 0 aliphatic rings. The van der Waals surface area contributed by atoms with Gasteiger partial charge in [0, 0.05) is 24.8 Å². The van der Waals surface area contributed by atoms with Crippen molar-refractivity contribution in [2.75, 3.05) is 6.54 Å². The summed E-state index contributed by atoms with van der Waals surface area (Å²) < 4.78 is 4.12. The van der Waals surface area contributed by atoms with Crippen LogP contribution in [0.1, 0.15) is 34.1 Å². The van der Waals surface area contributed by atoms with E-state index < -0.39 is 0 Å². The minimum absolute atomic E-state index is 0.117. The molecule has 0 aliphatic carbocycles. The van der Waals surface area contributed by atoms with Gasteiger partial charge >= 0.3 is 0 Å². The van der Waals surface area contributed by atoms with E-state index in [1.807, 2.05) is 23.4 Å². The van der Waals surface area contributed by atoms with Crippen LogP contribution in [0.3, 0.4) is 0 Å². The lowest BCUT2D eigenvalue weighted by Gasteiger charge is -2.33. The van der Waals surface area contributed by atoms with Crippen LogP contribution in [0.4, 0.5) is 0 Å². The Balaban J connectivity index is 2.40. The molecular formula is C15H25N5. The number of hydrogen-bond donors (Lipinski definition) is 1. The van der Waals surface area contributed by atoms with Crippen LogP contribution in [0.2, 0.25) is 0 Å². The topological polar surface area (TPSA) is 61.7 Å². The summed E-state index contributed by atoms with van der Waals surface area (Å²) in [5.41, 5.74) is 8.11. The van der Waals surface area contributed by atoms with Gasteiger partial charge in [-0.05, 0) is 26.2 Å². The van der Waals surface area contributed by atoms with E-state index in [-0.39, 0.29) is 5.54 Å². The zero-order chi connectivity index (χ0) is 14.8. The number of nitrogens with zero attached hydrogens (tertiary/aromatic N) is 4. The van der Waals surface area contributed by atoms with Crippen molar-refractivity contribution in [1.82, 2.24) is 19.3 Å². The Kier molecular flexibility index (Phi) is 4.28. The first kappa shape index (κ1) is 14.8. The molecule has 1 atom stereocenters. The zero-order valence-electron chi connectivity index (χ0n) is 12.9. The fourth-order valence-corrected chi connectivity index (χ4v) is 2.77. The van der Waals surface area contributed by atoms with E-state index in [0.29, 0.717) is 12.5 Å². The molecule has 0 radical (unpaired) electrons. The highest BCUT2D eigenvalue weighted by molar-refractivity contribution is 5.57. The van der Waals surface area contributed by atoms with E-state index in [1.165, 1.54) is 0 Å². The summed E-state index contributed by atoms with van der Waals surface area (Å²) in [4.78, 5) is 4.33. The van der Waals surface area contributed by atoms with Gasteiger partial charge in [0.1, 0.15) is 0 Å².